The third-order valence-electron chi connectivity index (χ3n) is 6.53. The number of hydrogen-bond acceptors (Lipinski definition) is 9. The third kappa shape index (κ3) is 4.45. The molecule has 186 valence electrons. The van der Waals surface area contributed by atoms with Crippen LogP contribution >= 0.6 is 0 Å². The standard InChI is InChI=1S/C24H29N5O5S/c1-16-13-32-14-18-15-33-20-21(24(2,3)35(4,30)31)26-23(27-22(20)29(16)18)34-19-10-25-28(12-19)11-17-8-6-5-7-9-17/h5-10,12,16,18H,11,13-15H2,1-4H3/t16-,18+/m1/s1. The van der Waals surface area contributed by atoms with E-state index in [1.165, 1.54) is 6.26 Å². The Labute approximate surface area is 204 Å². The van der Waals surface area contributed by atoms with Crippen molar-refractivity contribution in [1.82, 2.24) is 19.7 Å². The summed E-state index contributed by atoms with van der Waals surface area (Å²) in [5.41, 5.74) is 1.38. The van der Waals surface area contributed by atoms with Gasteiger partial charge in [-0.3, -0.25) is 4.68 Å². The fourth-order valence-corrected chi connectivity index (χ4v) is 4.79. The summed E-state index contributed by atoms with van der Waals surface area (Å²) in [6.07, 6.45) is 4.54. The average Bonchev–Trinajstić information content (AvgIpc) is 3.24. The number of sulfone groups is 1. The van der Waals surface area contributed by atoms with Gasteiger partial charge in [0.25, 0.3) is 0 Å². The van der Waals surface area contributed by atoms with Crippen LogP contribution in [0.2, 0.25) is 0 Å². The van der Waals surface area contributed by atoms with Gasteiger partial charge in [-0.05, 0) is 26.3 Å². The zero-order valence-corrected chi connectivity index (χ0v) is 21.0. The molecule has 4 heterocycles. The zero-order chi connectivity index (χ0) is 24.8. The number of rotatable bonds is 6. The molecule has 0 aliphatic carbocycles. The Morgan fingerprint density at radius 1 is 1.14 bits per heavy atom. The quantitative estimate of drug-likeness (QED) is 0.506. The highest BCUT2D eigenvalue weighted by molar-refractivity contribution is 7.91. The summed E-state index contributed by atoms with van der Waals surface area (Å²) in [7, 11) is -3.54. The Morgan fingerprint density at radius 2 is 1.91 bits per heavy atom. The van der Waals surface area contributed by atoms with Crippen LogP contribution in [-0.2, 0) is 25.9 Å². The van der Waals surface area contributed by atoms with Crippen LogP contribution in [0.5, 0.6) is 17.5 Å². The molecule has 0 unspecified atom stereocenters. The van der Waals surface area contributed by atoms with E-state index in [0.29, 0.717) is 43.7 Å². The van der Waals surface area contributed by atoms with Gasteiger partial charge < -0.3 is 19.1 Å². The van der Waals surface area contributed by atoms with E-state index in [4.69, 9.17) is 14.2 Å². The summed E-state index contributed by atoms with van der Waals surface area (Å²) >= 11 is 0. The Balaban J connectivity index is 1.53. The molecule has 11 heteroatoms. The smallest absolute Gasteiger partial charge is 0.324 e. The second-order valence-corrected chi connectivity index (χ2v) is 12.1. The van der Waals surface area contributed by atoms with Gasteiger partial charge in [0.15, 0.2) is 27.2 Å². The van der Waals surface area contributed by atoms with Gasteiger partial charge >= 0.3 is 6.01 Å². The van der Waals surface area contributed by atoms with Crippen LogP contribution in [0.15, 0.2) is 42.7 Å². The first-order valence-electron chi connectivity index (χ1n) is 11.5. The van der Waals surface area contributed by atoms with E-state index in [1.54, 1.807) is 30.9 Å². The van der Waals surface area contributed by atoms with Crippen molar-refractivity contribution in [3.05, 3.63) is 54.0 Å². The summed E-state index contributed by atoms with van der Waals surface area (Å²) in [6.45, 7) is 7.26. The van der Waals surface area contributed by atoms with Crippen molar-refractivity contribution in [1.29, 1.82) is 0 Å². The lowest BCUT2D eigenvalue weighted by Crippen LogP contribution is -2.56. The lowest BCUT2D eigenvalue weighted by molar-refractivity contribution is 0.0480. The van der Waals surface area contributed by atoms with Gasteiger partial charge in [0.1, 0.15) is 17.0 Å². The fraction of sp³-hybridized carbons (Fsp3) is 0.458. The van der Waals surface area contributed by atoms with Gasteiger partial charge in [0.2, 0.25) is 0 Å². The van der Waals surface area contributed by atoms with E-state index in [0.717, 1.165) is 5.56 Å². The molecule has 3 aromatic rings. The molecule has 2 atom stereocenters. The van der Waals surface area contributed by atoms with E-state index in [2.05, 4.69) is 20.0 Å². The van der Waals surface area contributed by atoms with Crippen molar-refractivity contribution >= 4 is 15.7 Å². The predicted molar refractivity (Wildman–Crippen MR) is 130 cm³/mol. The minimum atomic E-state index is -3.54. The minimum Gasteiger partial charge on any atom is -0.486 e. The topological polar surface area (TPSA) is 109 Å². The molecule has 1 fully saturated rings. The highest BCUT2D eigenvalue weighted by Gasteiger charge is 2.44. The molecular formula is C24H29N5O5S. The number of anilines is 1. The zero-order valence-electron chi connectivity index (χ0n) is 20.2. The van der Waals surface area contributed by atoms with Crippen LogP contribution in [0.4, 0.5) is 5.82 Å². The Bertz CT molecular complexity index is 1330. The SMILES string of the molecule is C[C@@H]1COC[C@H]2COc3c(nc(Oc4cnn(Cc5ccccc5)c4)nc3C(C)(C)S(C)(=O)=O)N21. The average molecular weight is 500 g/mol. The summed E-state index contributed by atoms with van der Waals surface area (Å²) in [5, 5.41) is 4.37. The molecule has 1 saturated heterocycles. The molecule has 2 aromatic heterocycles. The van der Waals surface area contributed by atoms with Gasteiger partial charge in [-0.25, -0.2) is 8.42 Å². The fourth-order valence-electron chi connectivity index (χ4n) is 4.30. The van der Waals surface area contributed by atoms with Crippen LogP contribution in [0.1, 0.15) is 32.0 Å². The molecule has 0 amide bonds. The molecule has 35 heavy (non-hydrogen) atoms. The highest BCUT2D eigenvalue weighted by Crippen LogP contribution is 2.44. The van der Waals surface area contributed by atoms with E-state index in [-0.39, 0.29) is 23.8 Å². The van der Waals surface area contributed by atoms with Crippen LogP contribution in [-0.4, -0.2) is 66.3 Å². The summed E-state index contributed by atoms with van der Waals surface area (Å²) in [5.74, 6) is 1.34. The number of hydrogen-bond donors (Lipinski definition) is 0. The molecule has 0 spiro atoms. The van der Waals surface area contributed by atoms with Gasteiger partial charge in [-0.1, -0.05) is 30.3 Å². The number of morpholine rings is 1. The second-order valence-electron chi connectivity index (χ2n) is 9.51. The first-order valence-corrected chi connectivity index (χ1v) is 13.4. The monoisotopic (exact) mass is 499 g/mol. The third-order valence-corrected chi connectivity index (χ3v) is 8.58. The summed E-state index contributed by atoms with van der Waals surface area (Å²) in [6, 6.07) is 10.0. The molecule has 2 aliphatic rings. The Hall–Kier alpha value is -3.18. The Morgan fingerprint density at radius 3 is 2.66 bits per heavy atom. The first kappa shape index (κ1) is 23.6. The van der Waals surface area contributed by atoms with Crippen LogP contribution in [0.3, 0.4) is 0 Å². The molecule has 10 nitrogen and oxygen atoms in total. The maximum absolute atomic E-state index is 12.7. The summed E-state index contributed by atoms with van der Waals surface area (Å²) < 4.78 is 43.6. The van der Waals surface area contributed by atoms with Crippen molar-refractivity contribution in [3.63, 3.8) is 0 Å². The van der Waals surface area contributed by atoms with E-state index in [9.17, 15) is 8.42 Å². The molecule has 5 rings (SSSR count). The maximum Gasteiger partial charge on any atom is 0.324 e. The van der Waals surface area contributed by atoms with Crippen molar-refractivity contribution in [2.24, 2.45) is 0 Å². The Kier molecular flexibility index (Phi) is 5.92. The van der Waals surface area contributed by atoms with Crippen molar-refractivity contribution < 1.29 is 22.6 Å². The van der Waals surface area contributed by atoms with Gasteiger partial charge in [-0.2, -0.15) is 15.1 Å². The van der Waals surface area contributed by atoms with Gasteiger partial charge in [0.05, 0.1) is 44.2 Å². The largest absolute Gasteiger partial charge is 0.486 e. The number of aromatic nitrogens is 4. The van der Waals surface area contributed by atoms with Crippen molar-refractivity contribution in [2.45, 2.75) is 44.1 Å². The predicted octanol–water partition coefficient (Wildman–Crippen LogP) is 2.78. The molecule has 2 aliphatic heterocycles. The molecular weight excluding hydrogens is 470 g/mol. The number of ether oxygens (including phenoxy) is 3. The normalized spacial score (nSPS) is 20.1. The maximum atomic E-state index is 12.7. The van der Waals surface area contributed by atoms with E-state index in [1.807, 2.05) is 37.3 Å². The lowest BCUT2D eigenvalue weighted by Gasteiger charge is -2.45. The molecule has 0 saturated carbocycles. The van der Waals surface area contributed by atoms with Crippen LogP contribution in [0, 0.1) is 0 Å². The second kappa shape index (κ2) is 8.80. The molecule has 0 radical (unpaired) electrons. The van der Waals surface area contributed by atoms with E-state index < -0.39 is 14.6 Å². The number of benzene rings is 1. The van der Waals surface area contributed by atoms with Crippen LogP contribution < -0.4 is 14.4 Å². The number of nitrogens with zero attached hydrogens (tertiary/aromatic N) is 5. The summed E-state index contributed by atoms with van der Waals surface area (Å²) in [4.78, 5) is 11.3. The highest BCUT2D eigenvalue weighted by atomic mass is 32.2. The number of fused-ring (bicyclic) bond motifs is 3. The minimum absolute atomic E-state index is 0.0296. The molecule has 1 aromatic carbocycles. The molecule has 0 N–H and O–H groups in total. The van der Waals surface area contributed by atoms with Crippen molar-refractivity contribution in [3.8, 4) is 17.5 Å². The van der Waals surface area contributed by atoms with Crippen molar-refractivity contribution in [2.75, 3.05) is 31.0 Å². The lowest BCUT2D eigenvalue weighted by atomic mass is 10.0. The first-order chi connectivity index (χ1) is 16.6. The van der Waals surface area contributed by atoms with Gasteiger partial charge in [0, 0.05) is 6.26 Å². The van der Waals surface area contributed by atoms with Gasteiger partial charge in [-0.15, -0.1) is 0 Å². The van der Waals surface area contributed by atoms with Crippen LogP contribution in [0.25, 0.3) is 0 Å². The molecule has 0 bridgehead atoms. The van der Waals surface area contributed by atoms with E-state index >= 15 is 0 Å².